The summed E-state index contributed by atoms with van der Waals surface area (Å²) in [5, 5.41) is 0. The first-order chi connectivity index (χ1) is 7.88. The second-order valence-corrected chi connectivity index (χ2v) is 5.17. The molecule has 2 rings (SSSR count). The van der Waals surface area contributed by atoms with Crippen LogP contribution in [0.3, 0.4) is 0 Å². The average molecular weight is 243 g/mol. The number of hydrogen-bond donors (Lipinski definition) is 1. The van der Waals surface area contributed by atoms with E-state index in [1.54, 1.807) is 0 Å². The van der Waals surface area contributed by atoms with Gasteiger partial charge in [-0.2, -0.15) is 0 Å². The van der Waals surface area contributed by atoms with Gasteiger partial charge in [-0.25, -0.2) is 8.78 Å². The SMILES string of the molecule is Cc1cc(C2(CN)CCC(F)(F)CC2)c(C)o1. The average Bonchev–Trinajstić information content (AvgIpc) is 2.60. The molecule has 0 amide bonds. The van der Waals surface area contributed by atoms with Gasteiger partial charge >= 0.3 is 0 Å². The molecule has 1 aliphatic carbocycles. The highest BCUT2D eigenvalue weighted by Crippen LogP contribution is 2.46. The molecule has 2 nitrogen and oxygen atoms in total. The van der Waals surface area contributed by atoms with E-state index in [-0.39, 0.29) is 18.3 Å². The summed E-state index contributed by atoms with van der Waals surface area (Å²) >= 11 is 0. The molecule has 1 aromatic heterocycles. The number of rotatable bonds is 2. The minimum atomic E-state index is -2.52. The summed E-state index contributed by atoms with van der Waals surface area (Å²) in [6.07, 6.45) is 0.731. The van der Waals surface area contributed by atoms with Crippen molar-refractivity contribution >= 4 is 0 Å². The summed E-state index contributed by atoms with van der Waals surface area (Å²) in [6.45, 7) is 4.16. The van der Waals surface area contributed by atoms with Gasteiger partial charge in [0.15, 0.2) is 0 Å². The predicted molar refractivity (Wildman–Crippen MR) is 62.3 cm³/mol. The van der Waals surface area contributed by atoms with Crippen molar-refractivity contribution in [3.63, 3.8) is 0 Å². The molecule has 0 atom stereocenters. The second-order valence-electron chi connectivity index (χ2n) is 5.17. The van der Waals surface area contributed by atoms with E-state index in [2.05, 4.69) is 0 Å². The van der Waals surface area contributed by atoms with Crippen molar-refractivity contribution in [2.45, 2.75) is 50.9 Å². The Morgan fingerprint density at radius 3 is 2.24 bits per heavy atom. The molecule has 96 valence electrons. The molecule has 0 radical (unpaired) electrons. The molecule has 1 aromatic rings. The number of alkyl halides is 2. The summed E-state index contributed by atoms with van der Waals surface area (Å²) < 4.78 is 32.0. The zero-order valence-corrected chi connectivity index (χ0v) is 10.4. The van der Waals surface area contributed by atoms with Crippen LogP contribution in [0.4, 0.5) is 8.78 Å². The van der Waals surface area contributed by atoms with Gasteiger partial charge in [-0.3, -0.25) is 0 Å². The predicted octanol–water partition coefficient (Wildman–Crippen LogP) is 3.30. The third-order valence-electron chi connectivity index (χ3n) is 3.94. The van der Waals surface area contributed by atoms with Gasteiger partial charge in [0.1, 0.15) is 11.5 Å². The zero-order chi connectivity index (χ0) is 12.7. The van der Waals surface area contributed by atoms with Crippen molar-refractivity contribution in [2.75, 3.05) is 6.54 Å². The van der Waals surface area contributed by atoms with Gasteiger partial charge in [0.25, 0.3) is 0 Å². The lowest BCUT2D eigenvalue weighted by Crippen LogP contribution is -2.42. The largest absolute Gasteiger partial charge is 0.466 e. The molecule has 0 aromatic carbocycles. The molecule has 2 N–H and O–H groups in total. The summed E-state index contributed by atoms with van der Waals surface area (Å²) in [4.78, 5) is 0. The van der Waals surface area contributed by atoms with Crippen LogP contribution in [0.5, 0.6) is 0 Å². The van der Waals surface area contributed by atoms with E-state index >= 15 is 0 Å². The molecule has 0 saturated heterocycles. The molecule has 0 bridgehead atoms. The third-order valence-corrected chi connectivity index (χ3v) is 3.94. The summed E-state index contributed by atoms with van der Waals surface area (Å²) in [7, 11) is 0. The minimum Gasteiger partial charge on any atom is -0.466 e. The van der Waals surface area contributed by atoms with Crippen molar-refractivity contribution in [2.24, 2.45) is 5.73 Å². The number of furan rings is 1. The summed E-state index contributed by atoms with van der Waals surface area (Å²) in [5.74, 6) is -0.883. The second kappa shape index (κ2) is 4.09. The summed E-state index contributed by atoms with van der Waals surface area (Å²) in [5.41, 5.74) is 6.56. The number of nitrogens with two attached hydrogens (primary N) is 1. The van der Waals surface area contributed by atoms with Crippen LogP contribution in [0.25, 0.3) is 0 Å². The molecule has 17 heavy (non-hydrogen) atoms. The van der Waals surface area contributed by atoms with Crippen LogP contribution in [-0.2, 0) is 5.41 Å². The molecule has 0 spiro atoms. The lowest BCUT2D eigenvalue weighted by atomic mass is 9.68. The Bertz CT molecular complexity index is 402. The highest BCUT2D eigenvalue weighted by molar-refractivity contribution is 5.31. The Kier molecular flexibility index (Phi) is 3.02. The standard InChI is InChI=1S/C13H19F2NO/c1-9-7-11(10(2)17-9)12(8-16)3-5-13(14,15)6-4-12/h7H,3-6,8,16H2,1-2H3. The lowest BCUT2D eigenvalue weighted by Gasteiger charge is -2.39. The van der Waals surface area contributed by atoms with Crippen LogP contribution >= 0.6 is 0 Å². The molecule has 0 aliphatic heterocycles. The zero-order valence-electron chi connectivity index (χ0n) is 10.4. The highest BCUT2D eigenvalue weighted by Gasteiger charge is 2.44. The van der Waals surface area contributed by atoms with Gasteiger partial charge in [0.05, 0.1) is 0 Å². The first-order valence-corrected chi connectivity index (χ1v) is 6.04. The fraction of sp³-hybridized carbons (Fsp3) is 0.692. The van der Waals surface area contributed by atoms with Gasteiger partial charge in [-0.05, 0) is 32.8 Å². The fourth-order valence-corrected chi connectivity index (χ4v) is 2.84. The van der Waals surface area contributed by atoms with Crippen LogP contribution in [0.15, 0.2) is 10.5 Å². The van der Waals surface area contributed by atoms with Crippen LogP contribution in [0.2, 0.25) is 0 Å². The van der Waals surface area contributed by atoms with Gasteiger partial charge in [0.2, 0.25) is 5.92 Å². The van der Waals surface area contributed by atoms with E-state index in [1.165, 1.54) is 0 Å². The Labute approximate surface area is 100 Å². The molecule has 1 saturated carbocycles. The Balaban J connectivity index is 2.30. The molecule has 1 fully saturated rings. The number of aryl methyl sites for hydroxylation is 2. The Morgan fingerprint density at radius 2 is 1.82 bits per heavy atom. The van der Waals surface area contributed by atoms with Gasteiger partial charge < -0.3 is 10.2 Å². The molecule has 1 aliphatic rings. The quantitative estimate of drug-likeness (QED) is 0.865. The van der Waals surface area contributed by atoms with E-state index < -0.39 is 5.92 Å². The maximum absolute atomic E-state index is 13.2. The Hall–Kier alpha value is -0.900. The third kappa shape index (κ3) is 2.23. The van der Waals surface area contributed by atoms with Gasteiger partial charge in [-0.15, -0.1) is 0 Å². The van der Waals surface area contributed by atoms with Crippen LogP contribution in [0, 0.1) is 13.8 Å². The van der Waals surface area contributed by atoms with E-state index in [9.17, 15) is 8.78 Å². The molecule has 1 heterocycles. The van der Waals surface area contributed by atoms with Gasteiger partial charge in [0, 0.05) is 30.4 Å². The maximum atomic E-state index is 13.2. The van der Waals surface area contributed by atoms with E-state index in [0.717, 1.165) is 17.1 Å². The molecule has 0 unspecified atom stereocenters. The van der Waals surface area contributed by atoms with E-state index in [0.29, 0.717) is 19.4 Å². The van der Waals surface area contributed by atoms with Crippen LogP contribution in [0.1, 0.15) is 42.8 Å². The lowest BCUT2D eigenvalue weighted by molar-refractivity contribution is -0.0510. The van der Waals surface area contributed by atoms with Crippen LogP contribution in [-0.4, -0.2) is 12.5 Å². The topological polar surface area (TPSA) is 39.2 Å². The minimum absolute atomic E-state index is 0.0755. The number of hydrogen-bond acceptors (Lipinski definition) is 2. The van der Waals surface area contributed by atoms with Crippen molar-refractivity contribution in [1.29, 1.82) is 0 Å². The Morgan fingerprint density at radius 1 is 1.24 bits per heavy atom. The first kappa shape index (κ1) is 12.6. The van der Waals surface area contributed by atoms with Crippen molar-refractivity contribution in [1.82, 2.24) is 0 Å². The van der Waals surface area contributed by atoms with Crippen molar-refractivity contribution < 1.29 is 13.2 Å². The van der Waals surface area contributed by atoms with Crippen molar-refractivity contribution in [3.8, 4) is 0 Å². The normalized spacial score (nSPS) is 22.6. The highest BCUT2D eigenvalue weighted by atomic mass is 19.3. The van der Waals surface area contributed by atoms with E-state index in [1.807, 2.05) is 19.9 Å². The van der Waals surface area contributed by atoms with E-state index in [4.69, 9.17) is 10.2 Å². The van der Waals surface area contributed by atoms with Crippen LogP contribution < -0.4 is 5.73 Å². The molecular formula is C13H19F2NO. The smallest absolute Gasteiger partial charge is 0.248 e. The monoisotopic (exact) mass is 243 g/mol. The fourth-order valence-electron chi connectivity index (χ4n) is 2.84. The van der Waals surface area contributed by atoms with Crippen molar-refractivity contribution in [3.05, 3.63) is 23.2 Å². The summed E-state index contributed by atoms with van der Waals surface area (Å²) in [6, 6.07) is 1.95. The number of halogens is 2. The molecule has 4 heteroatoms. The molecular weight excluding hydrogens is 224 g/mol. The maximum Gasteiger partial charge on any atom is 0.248 e. The first-order valence-electron chi connectivity index (χ1n) is 6.04. The van der Waals surface area contributed by atoms with Gasteiger partial charge in [-0.1, -0.05) is 0 Å².